The zero-order chi connectivity index (χ0) is 35.8. The van der Waals surface area contributed by atoms with Crippen LogP contribution in [0.5, 0.6) is 0 Å². The molecular formula is C50H64Si. The number of allylic oxidation sites excluding steroid dienone is 2. The first-order chi connectivity index (χ1) is 24.9. The topological polar surface area (TPSA) is 0 Å². The van der Waals surface area contributed by atoms with Crippen LogP contribution < -0.4 is 0 Å². The molecule has 0 aliphatic heterocycles. The van der Waals surface area contributed by atoms with Crippen LogP contribution in [0.2, 0.25) is 13.1 Å². The Morgan fingerprint density at radius 2 is 0.843 bits per heavy atom. The molecule has 0 amide bonds. The number of hydrogen-bond acceptors (Lipinski definition) is 0. The Kier molecular flexibility index (Phi) is 12.7. The summed E-state index contributed by atoms with van der Waals surface area (Å²) in [5.74, 6) is 0. The van der Waals surface area contributed by atoms with Crippen LogP contribution in [-0.2, 0) is 12.8 Å². The molecule has 0 saturated carbocycles. The summed E-state index contributed by atoms with van der Waals surface area (Å²) in [6, 6.07) is 33.5. The molecule has 2 aliphatic rings. The molecule has 2 aliphatic carbocycles. The summed E-state index contributed by atoms with van der Waals surface area (Å²) in [6.07, 6.45) is 23.0. The average Bonchev–Trinajstić information content (AvgIpc) is 3.72. The van der Waals surface area contributed by atoms with Crippen molar-refractivity contribution in [2.45, 2.75) is 142 Å². The third kappa shape index (κ3) is 8.15. The lowest BCUT2D eigenvalue weighted by Gasteiger charge is -2.40. The Labute approximate surface area is 312 Å². The van der Waals surface area contributed by atoms with Crippen LogP contribution in [0.15, 0.2) is 96.1 Å². The van der Waals surface area contributed by atoms with Gasteiger partial charge in [-0.15, -0.1) is 0 Å². The average molecular weight is 693 g/mol. The monoisotopic (exact) mass is 692 g/mol. The second-order valence-corrected chi connectivity index (χ2v) is 21.1. The molecular weight excluding hydrogens is 629 g/mol. The maximum absolute atomic E-state index is 2.72. The van der Waals surface area contributed by atoms with Gasteiger partial charge in [0.25, 0.3) is 0 Å². The third-order valence-electron chi connectivity index (χ3n) is 12.0. The summed E-state index contributed by atoms with van der Waals surface area (Å²) in [7, 11) is -1.99. The lowest BCUT2D eigenvalue weighted by Crippen LogP contribution is -2.43. The lowest BCUT2D eigenvalue weighted by atomic mass is 9.95. The summed E-state index contributed by atoms with van der Waals surface area (Å²) in [4.78, 5) is 0. The molecule has 0 fully saturated rings. The zero-order valence-corrected chi connectivity index (χ0v) is 33.8. The van der Waals surface area contributed by atoms with Crippen LogP contribution in [0.25, 0.3) is 34.4 Å². The van der Waals surface area contributed by atoms with Crippen LogP contribution in [0.4, 0.5) is 0 Å². The highest BCUT2D eigenvalue weighted by atomic mass is 28.3. The van der Waals surface area contributed by atoms with Gasteiger partial charge in [-0.1, -0.05) is 200 Å². The van der Waals surface area contributed by atoms with Gasteiger partial charge in [0.1, 0.15) is 0 Å². The Morgan fingerprint density at radius 3 is 1.22 bits per heavy atom. The van der Waals surface area contributed by atoms with Crippen molar-refractivity contribution in [2.24, 2.45) is 0 Å². The van der Waals surface area contributed by atoms with Crippen molar-refractivity contribution >= 4 is 20.2 Å². The van der Waals surface area contributed by atoms with Gasteiger partial charge in [-0.05, 0) is 94.2 Å². The van der Waals surface area contributed by atoms with Gasteiger partial charge >= 0.3 is 0 Å². The fourth-order valence-electron chi connectivity index (χ4n) is 9.58. The highest BCUT2D eigenvalue weighted by molar-refractivity contribution is 6.81. The molecule has 1 heteroatoms. The molecule has 4 aromatic rings. The van der Waals surface area contributed by atoms with E-state index in [0.29, 0.717) is 11.1 Å². The highest BCUT2D eigenvalue weighted by Gasteiger charge is 2.48. The summed E-state index contributed by atoms with van der Waals surface area (Å²) in [5, 5.41) is 0. The predicted molar refractivity (Wildman–Crippen MR) is 228 cm³/mol. The van der Waals surface area contributed by atoms with Crippen molar-refractivity contribution in [1.82, 2.24) is 0 Å². The lowest BCUT2D eigenvalue weighted by molar-refractivity contribution is 0.667. The molecule has 2 unspecified atom stereocenters. The molecule has 0 N–H and O–H groups in total. The van der Waals surface area contributed by atoms with Crippen LogP contribution in [-0.4, -0.2) is 8.07 Å². The summed E-state index contributed by atoms with van der Waals surface area (Å²) < 4.78 is 0. The number of fused-ring (bicyclic) bond motifs is 2. The zero-order valence-electron chi connectivity index (χ0n) is 32.8. The fourth-order valence-corrected chi connectivity index (χ4v) is 14.4. The van der Waals surface area contributed by atoms with E-state index in [0.717, 1.165) is 0 Å². The molecule has 0 nitrogen and oxygen atoms in total. The minimum Gasteiger partial charge on any atom is -0.0679 e. The maximum Gasteiger partial charge on any atom is 0.0722 e. The second-order valence-electron chi connectivity index (χ2n) is 16.3. The first-order valence-corrected chi connectivity index (χ1v) is 23.9. The van der Waals surface area contributed by atoms with Gasteiger partial charge in [0.05, 0.1) is 8.07 Å². The quantitative estimate of drug-likeness (QED) is 0.0719. The van der Waals surface area contributed by atoms with Gasteiger partial charge in [0.15, 0.2) is 0 Å². The van der Waals surface area contributed by atoms with Gasteiger partial charge < -0.3 is 0 Å². The van der Waals surface area contributed by atoms with Crippen LogP contribution in [0.1, 0.15) is 149 Å². The van der Waals surface area contributed by atoms with Gasteiger partial charge in [-0.3, -0.25) is 0 Å². The largest absolute Gasteiger partial charge is 0.0722 e. The number of unbranched alkanes of at least 4 members (excludes halogenated alkanes) is 6. The van der Waals surface area contributed by atoms with E-state index in [2.05, 4.69) is 138 Å². The highest BCUT2D eigenvalue weighted by Crippen LogP contribution is 2.56. The molecule has 0 bridgehead atoms. The van der Waals surface area contributed by atoms with Crippen molar-refractivity contribution in [3.05, 3.63) is 129 Å². The van der Waals surface area contributed by atoms with Crippen LogP contribution >= 0.6 is 0 Å². The molecule has 0 spiro atoms. The minimum absolute atomic E-state index is 0.525. The van der Waals surface area contributed by atoms with Crippen molar-refractivity contribution < 1.29 is 0 Å². The van der Waals surface area contributed by atoms with Gasteiger partial charge in [-0.2, -0.15) is 0 Å². The van der Waals surface area contributed by atoms with Gasteiger partial charge in [0, 0.05) is 11.1 Å². The number of hydrogen-bond donors (Lipinski definition) is 0. The van der Waals surface area contributed by atoms with Gasteiger partial charge in [-0.25, -0.2) is 0 Å². The van der Waals surface area contributed by atoms with Crippen LogP contribution in [0.3, 0.4) is 0 Å². The van der Waals surface area contributed by atoms with E-state index in [1.54, 1.807) is 22.3 Å². The fraction of sp³-hybridized carbons (Fsp3) is 0.440. The minimum atomic E-state index is -1.99. The molecule has 6 rings (SSSR count). The molecule has 0 radical (unpaired) electrons. The van der Waals surface area contributed by atoms with E-state index in [1.165, 1.54) is 134 Å². The molecule has 0 heterocycles. The summed E-state index contributed by atoms with van der Waals surface area (Å²) in [6.45, 7) is 14.8. The first kappa shape index (κ1) is 37.3. The van der Waals surface area contributed by atoms with E-state index in [9.17, 15) is 0 Å². The maximum atomic E-state index is 2.72. The molecule has 0 aromatic heterocycles. The smallest absolute Gasteiger partial charge is 0.0679 e. The number of aryl methyl sites for hydroxylation is 2. The number of rotatable bonds is 18. The number of benzene rings is 4. The van der Waals surface area contributed by atoms with E-state index in [4.69, 9.17) is 0 Å². The first-order valence-electron chi connectivity index (χ1n) is 20.8. The standard InChI is InChI=1S/C50H64Si/c1-7-11-13-15-21-37-27-31-39(32-28-37)43-23-17-25-45-47(43)35-41(19-9-3)49(45)51(5,6)50-42(20-10-4)36-48-44(24-18-26-46(48)50)40-33-29-38(30-34-40)22-16-14-12-8-2/h17-18,23-36,49-50H,7-16,19-22H2,1-6H3. The van der Waals surface area contributed by atoms with Crippen molar-refractivity contribution in [1.29, 1.82) is 0 Å². The SMILES string of the molecule is CCCCCCc1ccc(-c2cccc3c2C=C(CCC)C3[Si](C)(C)C2C(CCC)=Cc3c(-c4ccc(CCCCCC)cc4)cccc32)cc1. The van der Waals surface area contributed by atoms with Crippen molar-refractivity contribution in [3.63, 3.8) is 0 Å². The van der Waals surface area contributed by atoms with Gasteiger partial charge in [0.2, 0.25) is 0 Å². The summed E-state index contributed by atoms with van der Waals surface area (Å²) >= 11 is 0. The normalized spacial score (nSPS) is 16.6. The Morgan fingerprint density at radius 1 is 0.431 bits per heavy atom. The van der Waals surface area contributed by atoms with E-state index in [1.807, 2.05) is 0 Å². The molecule has 2 atom stereocenters. The molecule has 4 aromatic carbocycles. The van der Waals surface area contributed by atoms with Crippen molar-refractivity contribution in [2.75, 3.05) is 0 Å². The van der Waals surface area contributed by atoms with E-state index in [-0.39, 0.29) is 0 Å². The van der Waals surface area contributed by atoms with Crippen molar-refractivity contribution in [3.8, 4) is 22.3 Å². The molecule has 0 saturated heterocycles. The van der Waals surface area contributed by atoms with Crippen LogP contribution in [0, 0.1) is 0 Å². The Hall–Kier alpha value is -3.42. The second kappa shape index (κ2) is 17.4. The third-order valence-corrected chi connectivity index (χ3v) is 16.4. The Bertz CT molecular complexity index is 1670. The molecule has 51 heavy (non-hydrogen) atoms. The van der Waals surface area contributed by atoms with E-state index >= 15 is 0 Å². The molecule has 268 valence electrons. The predicted octanol–water partition coefficient (Wildman–Crippen LogP) is 15.3. The summed E-state index contributed by atoms with van der Waals surface area (Å²) in [5.41, 5.74) is 19.1. The Balaban J connectivity index is 1.33. The van der Waals surface area contributed by atoms with E-state index < -0.39 is 8.07 Å².